The lowest BCUT2D eigenvalue weighted by Crippen LogP contribution is -2.05. The van der Waals surface area contributed by atoms with Crippen molar-refractivity contribution in [3.05, 3.63) is 35.4 Å². The third kappa shape index (κ3) is 10.9. The predicted molar refractivity (Wildman–Crippen MR) is 62.9 cm³/mol. The van der Waals surface area contributed by atoms with Gasteiger partial charge >= 0.3 is 5.97 Å². The van der Waals surface area contributed by atoms with E-state index in [1.165, 1.54) is 6.92 Å². The molecule has 0 fully saturated rings. The summed E-state index contributed by atoms with van der Waals surface area (Å²) in [6, 6.07) is 9.44. The van der Waals surface area contributed by atoms with Gasteiger partial charge in [-0.25, -0.2) is 0 Å². The van der Waals surface area contributed by atoms with Crippen molar-refractivity contribution in [2.24, 2.45) is 5.92 Å². The van der Waals surface area contributed by atoms with Gasteiger partial charge in [0.1, 0.15) is 0 Å². The summed E-state index contributed by atoms with van der Waals surface area (Å²) in [5.74, 6) is 0.248. The summed E-state index contributed by atoms with van der Waals surface area (Å²) in [5.41, 5.74) is 0. The number of rotatable bonds is 2. The predicted octanol–water partition coefficient (Wildman–Crippen LogP) is 3.55. The van der Waals surface area contributed by atoms with Gasteiger partial charge in [-0.05, 0) is 18.1 Å². The molecule has 0 unspecified atom stereocenters. The molecule has 0 aliphatic carbocycles. The van der Waals surface area contributed by atoms with Crippen LogP contribution in [0, 0.1) is 5.92 Å². The van der Waals surface area contributed by atoms with Crippen LogP contribution in [0.2, 0.25) is 5.02 Å². The minimum atomic E-state index is -0.196. The van der Waals surface area contributed by atoms with Crippen molar-refractivity contribution in [2.45, 2.75) is 20.8 Å². The highest BCUT2D eigenvalue weighted by Gasteiger charge is 1.94. The normalized spacial score (nSPS) is 9.13. The van der Waals surface area contributed by atoms with Crippen LogP contribution >= 0.6 is 11.6 Å². The van der Waals surface area contributed by atoms with E-state index in [4.69, 9.17) is 11.6 Å². The van der Waals surface area contributed by atoms with Gasteiger partial charge in [-0.3, -0.25) is 4.79 Å². The van der Waals surface area contributed by atoms with Gasteiger partial charge in [0.15, 0.2) is 0 Å². The molecule has 3 heteroatoms. The quantitative estimate of drug-likeness (QED) is 0.724. The Morgan fingerprint density at radius 2 is 1.87 bits per heavy atom. The molecule has 0 bridgehead atoms. The SMILES string of the molecule is CC(=O)OCC(C)C.Clc1ccccc1. The number of halogens is 1. The molecular weight excluding hydrogens is 212 g/mol. The number of benzene rings is 1. The fraction of sp³-hybridized carbons (Fsp3) is 0.417. The van der Waals surface area contributed by atoms with Crippen LogP contribution in [0.25, 0.3) is 0 Å². The van der Waals surface area contributed by atoms with E-state index in [1.54, 1.807) is 0 Å². The number of ether oxygens (including phenoxy) is 1. The zero-order chi connectivity index (χ0) is 11.7. The molecule has 1 aromatic rings. The van der Waals surface area contributed by atoms with Gasteiger partial charge in [0.05, 0.1) is 6.61 Å². The molecule has 0 aliphatic heterocycles. The third-order valence-electron chi connectivity index (χ3n) is 1.35. The maximum absolute atomic E-state index is 10.1. The van der Waals surface area contributed by atoms with E-state index in [0.717, 1.165) is 5.02 Å². The molecule has 0 amide bonds. The molecule has 0 spiro atoms. The molecule has 0 radical (unpaired) electrons. The first kappa shape index (κ1) is 14.0. The Hall–Kier alpha value is -1.02. The molecule has 0 saturated heterocycles. The zero-order valence-corrected chi connectivity index (χ0v) is 10.1. The van der Waals surface area contributed by atoms with Gasteiger partial charge in [-0.1, -0.05) is 43.6 Å². The first-order valence-electron chi connectivity index (χ1n) is 4.86. The lowest BCUT2D eigenvalue weighted by Gasteiger charge is -2.02. The van der Waals surface area contributed by atoms with Crippen LogP contribution in [-0.2, 0) is 9.53 Å². The summed E-state index contributed by atoms with van der Waals surface area (Å²) >= 11 is 5.54. The monoisotopic (exact) mass is 228 g/mol. The van der Waals surface area contributed by atoms with Gasteiger partial charge < -0.3 is 4.74 Å². The molecule has 84 valence electrons. The Morgan fingerprint density at radius 1 is 1.33 bits per heavy atom. The molecule has 0 N–H and O–H groups in total. The minimum Gasteiger partial charge on any atom is -0.466 e. The molecule has 1 rings (SSSR count). The van der Waals surface area contributed by atoms with Crippen LogP contribution in [0.4, 0.5) is 0 Å². The summed E-state index contributed by atoms with van der Waals surface area (Å²) in [6.07, 6.45) is 0. The highest BCUT2D eigenvalue weighted by molar-refractivity contribution is 6.30. The van der Waals surface area contributed by atoms with Gasteiger partial charge in [0, 0.05) is 11.9 Å². The number of hydrogen-bond acceptors (Lipinski definition) is 2. The molecular formula is C12H17ClO2. The molecule has 1 aromatic carbocycles. The highest BCUT2D eigenvalue weighted by Crippen LogP contribution is 2.03. The first-order chi connectivity index (χ1) is 7.02. The van der Waals surface area contributed by atoms with Crippen molar-refractivity contribution in [1.29, 1.82) is 0 Å². The maximum Gasteiger partial charge on any atom is 0.302 e. The molecule has 0 aromatic heterocycles. The van der Waals surface area contributed by atoms with E-state index < -0.39 is 0 Å². The Kier molecular flexibility index (Phi) is 7.74. The molecule has 0 aliphatic rings. The number of carbonyl (C=O) groups excluding carboxylic acids is 1. The van der Waals surface area contributed by atoms with Crippen LogP contribution in [-0.4, -0.2) is 12.6 Å². The number of esters is 1. The average Bonchev–Trinajstić information content (AvgIpc) is 2.17. The second-order valence-electron chi connectivity index (χ2n) is 3.49. The van der Waals surface area contributed by atoms with Crippen molar-refractivity contribution in [1.82, 2.24) is 0 Å². The van der Waals surface area contributed by atoms with Crippen molar-refractivity contribution in [3.63, 3.8) is 0 Å². The fourth-order valence-corrected chi connectivity index (χ4v) is 0.844. The Bertz CT molecular complexity index is 270. The van der Waals surface area contributed by atoms with Crippen molar-refractivity contribution in [3.8, 4) is 0 Å². The lowest BCUT2D eigenvalue weighted by molar-refractivity contribution is -0.141. The van der Waals surface area contributed by atoms with E-state index in [0.29, 0.717) is 12.5 Å². The summed E-state index contributed by atoms with van der Waals surface area (Å²) < 4.78 is 4.66. The highest BCUT2D eigenvalue weighted by atomic mass is 35.5. The summed E-state index contributed by atoms with van der Waals surface area (Å²) in [6.45, 7) is 5.96. The fourth-order valence-electron chi connectivity index (χ4n) is 0.699. The van der Waals surface area contributed by atoms with Crippen LogP contribution in [0.5, 0.6) is 0 Å². The topological polar surface area (TPSA) is 26.3 Å². The van der Waals surface area contributed by atoms with Crippen LogP contribution in [0.3, 0.4) is 0 Å². The van der Waals surface area contributed by atoms with Crippen LogP contribution in [0.1, 0.15) is 20.8 Å². The van der Waals surface area contributed by atoms with Crippen LogP contribution < -0.4 is 0 Å². The Morgan fingerprint density at radius 3 is 2.07 bits per heavy atom. The zero-order valence-electron chi connectivity index (χ0n) is 9.37. The first-order valence-corrected chi connectivity index (χ1v) is 5.24. The molecule has 2 nitrogen and oxygen atoms in total. The molecule has 0 heterocycles. The van der Waals surface area contributed by atoms with Crippen molar-refractivity contribution in [2.75, 3.05) is 6.61 Å². The van der Waals surface area contributed by atoms with E-state index >= 15 is 0 Å². The van der Waals surface area contributed by atoms with Gasteiger partial charge in [-0.15, -0.1) is 0 Å². The Balaban J connectivity index is 0.000000262. The maximum atomic E-state index is 10.1. The summed E-state index contributed by atoms with van der Waals surface area (Å²) in [7, 11) is 0. The van der Waals surface area contributed by atoms with Gasteiger partial charge in [0.2, 0.25) is 0 Å². The lowest BCUT2D eigenvalue weighted by atomic mass is 10.2. The second kappa shape index (κ2) is 8.30. The second-order valence-corrected chi connectivity index (χ2v) is 3.93. The minimum absolute atomic E-state index is 0.196. The summed E-state index contributed by atoms with van der Waals surface area (Å²) in [4.78, 5) is 10.1. The van der Waals surface area contributed by atoms with E-state index in [9.17, 15) is 4.79 Å². The third-order valence-corrected chi connectivity index (χ3v) is 1.61. The summed E-state index contributed by atoms with van der Waals surface area (Å²) in [5, 5.41) is 0.794. The van der Waals surface area contributed by atoms with Crippen molar-refractivity contribution < 1.29 is 9.53 Å². The Labute approximate surface area is 96.2 Å². The number of hydrogen-bond donors (Lipinski definition) is 0. The van der Waals surface area contributed by atoms with Gasteiger partial charge in [-0.2, -0.15) is 0 Å². The molecule has 0 atom stereocenters. The van der Waals surface area contributed by atoms with E-state index in [2.05, 4.69) is 4.74 Å². The van der Waals surface area contributed by atoms with Crippen molar-refractivity contribution >= 4 is 17.6 Å². The smallest absolute Gasteiger partial charge is 0.302 e. The largest absolute Gasteiger partial charge is 0.466 e. The average molecular weight is 229 g/mol. The van der Waals surface area contributed by atoms with Gasteiger partial charge in [0.25, 0.3) is 0 Å². The van der Waals surface area contributed by atoms with E-state index in [-0.39, 0.29) is 5.97 Å². The number of carbonyl (C=O) groups is 1. The van der Waals surface area contributed by atoms with E-state index in [1.807, 2.05) is 44.2 Å². The standard InChI is InChI=1S/C6H5Cl.C6H12O2/c7-6-4-2-1-3-5-6;1-5(2)4-8-6(3)7/h1-5H;5H,4H2,1-3H3. The molecule has 15 heavy (non-hydrogen) atoms. The molecule has 0 saturated carbocycles. The van der Waals surface area contributed by atoms with Crippen LogP contribution in [0.15, 0.2) is 30.3 Å².